The normalized spacial score (nSPS) is 12.4. The standard InChI is InChI=1S/C17H19N3O/c1-20-15(10-12-19-20)9-11-18-17(16-8-5-13-21-16)14-6-3-2-4-7-14/h2-8,10,12-13,17-18H,9,11H2,1H3. The van der Waals surface area contributed by atoms with Crippen molar-refractivity contribution in [3.8, 4) is 0 Å². The van der Waals surface area contributed by atoms with Gasteiger partial charge in [0.1, 0.15) is 5.76 Å². The Morgan fingerprint density at radius 2 is 2.00 bits per heavy atom. The van der Waals surface area contributed by atoms with Crippen molar-refractivity contribution < 1.29 is 4.42 Å². The largest absolute Gasteiger partial charge is 0.467 e. The van der Waals surface area contributed by atoms with Gasteiger partial charge in [0.15, 0.2) is 0 Å². The minimum Gasteiger partial charge on any atom is -0.467 e. The highest BCUT2D eigenvalue weighted by Crippen LogP contribution is 2.22. The molecule has 2 aromatic heterocycles. The molecule has 0 radical (unpaired) electrons. The van der Waals surface area contributed by atoms with Crippen LogP contribution in [0.25, 0.3) is 0 Å². The molecule has 0 saturated carbocycles. The van der Waals surface area contributed by atoms with Gasteiger partial charge in [-0.05, 0) is 23.8 Å². The summed E-state index contributed by atoms with van der Waals surface area (Å²) >= 11 is 0. The van der Waals surface area contributed by atoms with Crippen LogP contribution in [0.15, 0.2) is 65.4 Å². The Bertz CT molecular complexity index is 658. The molecule has 1 N–H and O–H groups in total. The van der Waals surface area contributed by atoms with Gasteiger partial charge in [-0.25, -0.2) is 0 Å². The molecular formula is C17H19N3O. The molecule has 0 aliphatic heterocycles. The van der Waals surface area contributed by atoms with E-state index in [-0.39, 0.29) is 6.04 Å². The molecular weight excluding hydrogens is 262 g/mol. The Balaban J connectivity index is 1.70. The summed E-state index contributed by atoms with van der Waals surface area (Å²) in [7, 11) is 1.97. The van der Waals surface area contributed by atoms with Gasteiger partial charge < -0.3 is 9.73 Å². The summed E-state index contributed by atoms with van der Waals surface area (Å²) in [5, 5.41) is 7.76. The van der Waals surface area contributed by atoms with Crippen LogP contribution in [-0.4, -0.2) is 16.3 Å². The minimum atomic E-state index is 0.0782. The van der Waals surface area contributed by atoms with Crippen LogP contribution in [0.5, 0.6) is 0 Å². The highest BCUT2D eigenvalue weighted by Gasteiger charge is 2.15. The highest BCUT2D eigenvalue weighted by molar-refractivity contribution is 5.26. The van der Waals surface area contributed by atoms with Crippen LogP contribution < -0.4 is 5.32 Å². The monoisotopic (exact) mass is 281 g/mol. The number of hydrogen-bond donors (Lipinski definition) is 1. The van der Waals surface area contributed by atoms with Crippen LogP contribution in [0.1, 0.15) is 23.1 Å². The maximum absolute atomic E-state index is 5.58. The average Bonchev–Trinajstić information content (AvgIpc) is 3.17. The predicted molar refractivity (Wildman–Crippen MR) is 81.9 cm³/mol. The molecule has 1 atom stereocenters. The lowest BCUT2D eigenvalue weighted by Crippen LogP contribution is -2.25. The van der Waals surface area contributed by atoms with E-state index >= 15 is 0 Å². The van der Waals surface area contributed by atoms with Crippen LogP contribution in [0.4, 0.5) is 0 Å². The molecule has 1 unspecified atom stereocenters. The first-order chi connectivity index (χ1) is 10.3. The molecule has 3 rings (SSSR count). The minimum absolute atomic E-state index is 0.0782. The number of hydrogen-bond acceptors (Lipinski definition) is 3. The first kappa shape index (κ1) is 13.6. The van der Waals surface area contributed by atoms with E-state index in [0.29, 0.717) is 0 Å². The van der Waals surface area contributed by atoms with Gasteiger partial charge in [0.25, 0.3) is 0 Å². The SMILES string of the molecule is Cn1nccc1CCNC(c1ccccc1)c1ccco1. The first-order valence-electron chi connectivity index (χ1n) is 7.13. The van der Waals surface area contributed by atoms with Gasteiger partial charge in [0.05, 0.1) is 12.3 Å². The van der Waals surface area contributed by atoms with Gasteiger partial charge in [0.2, 0.25) is 0 Å². The zero-order valence-electron chi connectivity index (χ0n) is 12.1. The predicted octanol–water partition coefficient (Wildman–Crippen LogP) is 2.93. The first-order valence-corrected chi connectivity index (χ1v) is 7.13. The van der Waals surface area contributed by atoms with Crippen molar-refractivity contribution >= 4 is 0 Å². The molecule has 0 amide bonds. The van der Waals surface area contributed by atoms with E-state index in [1.165, 1.54) is 11.3 Å². The molecule has 0 saturated heterocycles. The average molecular weight is 281 g/mol. The third-order valence-electron chi connectivity index (χ3n) is 3.61. The van der Waals surface area contributed by atoms with Crippen molar-refractivity contribution in [3.63, 3.8) is 0 Å². The van der Waals surface area contributed by atoms with E-state index in [1.54, 1.807) is 6.26 Å². The summed E-state index contributed by atoms with van der Waals surface area (Å²) in [6.45, 7) is 0.861. The maximum Gasteiger partial charge on any atom is 0.125 e. The second kappa shape index (κ2) is 6.41. The Morgan fingerprint density at radius 3 is 2.67 bits per heavy atom. The second-order valence-electron chi connectivity index (χ2n) is 5.01. The van der Waals surface area contributed by atoms with Crippen LogP contribution in [0.3, 0.4) is 0 Å². The fourth-order valence-electron chi connectivity index (χ4n) is 2.47. The molecule has 0 aliphatic rings. The topological polar surface area (TPSA) is 43.0 Å². The lowest BCUT2D eigenvalue weighted by Gasteiger charge is -2.17. The quantitative estimate of drug-likeness (QED) is 0.755. The number of aromatic nitrogens is 2. The Kier molecular flexibility index (Phi) is 4.17. The summed E-state index contributed by atoms with van der Waals surface area (Å²) in [4.78, 5) is 0. The number of nitrogens with zero attached hydrogens (tertiary/aromatic N) is 2. The van der Waals surface area contributed by atoms with Gasteiger partial charge in [-0.3, -0.25) is 4.68 Å². The summed E-state index contributed by atoms with van der Waals surface area (Å²) in [6, 6.07) is 16.4. The molecule has 3 aromatic rings. The molecule has 0 aliphatic carbocycles. The molecule has 4 heteroatoms. The van der Waals surface area contributed by atoms with Crippen LogP contribution >= 0.6 is 0 Å². The van der Waals surface area contributed by atoms with E-state index in [4.69, 9.17) is 4.42 Å². The lowest BCUT2D eigenvalue weighted by molar-refractivity contribution is 0.446. The van der Waals surface area contributed by atoms with Crippen molar-refractivity contribution in [2.45, 2.75) is 12.5 Å². The van der Waals surface area contributed by atoms with E-state index in [1.807, 2.05) is 54.3 Å². The fourth-order valence-corrected chi connectivity index (χ4v) is 2.47. The van der Waals surface area contributed by atoms with Crippen LogP contribution in [-0.2, 0) is 13.5 Å². The van der Waals surface area contributed by atoms with Gasteiger partial charge in [-0.15, -0.1) is 0 Å². The van der Waals surface area contributed by atoms with Gasteiger partial charge in [-0.2, -0.15) is 5.10 Å². The van der Waals surface area contributed by atoms with Crippen LogP contribution in [0.2, 0.25) is 0 Å². The lowest BCUT2D eigenvalue weighted by atomic mass is 10.0. The van der Waals surface area contributed by atoms with Crippen molar-refractivity contribution in [1.29, 1.82) is 0 Å². The molecule has 0 spiro atoms. The van der Waals surface area contributed by atoms with E-state index < -0.39 is 0 Å². The van der Waals surface area contributed by atoms with Gasteiger partial charge in [-0.1, -0.05) is 30.3 Å². The highest BCUT2D eigenvalue weighted by atomic mass is 16.3. The Labute approximate surface area is 124 Å². The molecule has 0 bridgehead atoms. The van der Waals surface area contributed by atoms with E-state index in [2.05, 4.69) is 22.5 Å². The molecule has 21 heavy (non-hydrogen) atoms. The zero-order chi connectivity index (χ0) is 14.5. The van der Waals surface area contributed by atoms with E-state index in [9.17, 15) is 0 Å². The summed E-state index contributed by atoms with van der Waals surface area (Å²) < 4.78 is 7.49. The molecule has 108 valence electrons. The molecule has 0 fully saturated rings. The Hall–Kier alpha value is -2.33. The number of nitrogens with one attached hydrogen (secondary N) is 1. The molecule has 1 aromatic carbocycles. The zero-order valence-corrected chi connectivity index (χ0v) is 12.1. The Morgan fingerprint density at radius 1 is 1.14 bits per heavy atom. The van der Waals surface area contributed by atoms with Gasteiger partial charge >= 0.3 is 0 Å². The third-order valence-corrected chi connectivity index (χ3v) is 3.61. The number of furan rings is 1. The molecule has 4 nitrogen and oxygen atoms in total. The fraction of sp³-hybridized carbons (Fsp3) is 0.235. The second-order valence-corrected chi connectivity index (χ2v) is 5.01. The van der Waals surface area contributed by atoms with Crippen molar-refractivity contribution in [2.24, 2.45) is 7.05 Å². The van der Waals surface area contributed by atoms with Gasteiger partial charge in [0, 0.05) is 31.9 Å². The van der Waals surface area contributed by atoms with Crippen molar-refractivity contribution in [2.75, 3.05) is 6.54 Å². The maximum atomic E-state index is 5.58. The van der Waals surface area contributed by atoms with Crippen molar-refractivity contribution in [3.05, 3.63) is 78.0 Å². The summed E-state index contributed by atoms with van der Waals surface area (Å²) in [5.41, 5.74) is 2.42. The summed E-state index contributed by atoms with van der Waals surface area (Å²) in [6.07, 6.45) is 4.48. The number of aryl methyl sites for hydroxylation is 1. The smallest absolute Gasteiger partial charge is 0.125 e. The van der Waals surface area contributed by atoms with Crippen LogP contribution in [0, 0.1) is 0 Å². The number of rotatable bonds is 6. The van der Waals surface area contributed by atoms with E-state index in [0.717, 1.165) is 18.7 Å². The van der Waals surface area contributed by atoms with Crippen molar-refractivity contribution in [1.82, 2.24) is 15.1 Å². The number of benzene rings is 1. The molecule has 2 heterocycles. The third kappa shape index (κ3) is 3.23. The summed E-state index contributed by atoms with van der Waals surface area (Å²) in [5.74, 6) is 0.936.